The van der Waals surface area contributed by atoms with Crippen LogP contribution in [0.3, 0.4) is 0 Å². The van der Waals surface area contributed by atoms with Crippen LogP contribution in [0.25, 0.3) is 0 Å². The number of nitrogens with two attached hydrogens (primary N) is 1. The Morgan fingerprint density at radius 1 is 1.28 bits per heavy atom. The lowest BCUT2D eigenvalue weighted by Gasteiger charge is -2.13. The Hall–Kier alpha value is -1.95. The highest BCUT2D eigenvalue weighted by Gasteiger charge is 2.12. The minimum atomic E-state index is -0.242. The lowest BCUT2D eigenvalue weighted by molar-refractivity contribution is -0.123. The minimum Gasteiger partial charge on any atom is -0.493 e. The molecule has 0 heterocycles. The van der Waals surface area contributed by atoms with Gasteiger partial charge in [0.2, 0.25) is 5.75 Å². The Kier molecular flexibility index (Phi) is 5.79. The van der Waals surface area contributed by atoms with Gasteiger partial charge in [0.15, 0.2) is 18.1 Å². The number of methoxy groups -OCH3 is 2. The number of para-hydroxylation sites is 1. The number of benzene rings is 1. The van der Waals surface area contributed by atoms with Crippen LogP contribution in [0.5, 0.6) is 17.2 Å². The molecule has 0 saturated carbocycles. The first kappa shape index (κ1) is 14.1. The fraction of sp³-hybridized carbons (Fsp3) is 0.417. The number of hydrogen-bond donors (Lipinski definition) is 2. The summed E-state index contributed by atoms with van der Waals surface area (Å²) in [4.78, 5) is 11.4. The van der Waals surface area contributed by atoms with Crippen LogP contribution in [0.1, 0.15) is 0 Å². The molecular weight excluding hydrogens is 236 g/mol. The van der Waals surface area contributed by atoms with Gasteiger partial charge in [-0.25, -0.2) is 0 Å². The highest BCUT2D eigenvalue weighted by Crippen LogP contribution is 2.36. The summed E-state index contributed by atoms with van der Waals surface area (Å²) >= 11 is 0. The van der Waals surface area contributed by atoms with Crippen molar-refractivity contribution in [3.63, 3.8) is 0 Å². The third kappa shape index (κ3) is 3.81. The van der Waals surface area contributed by atoms with E-state index in [0.29, 0.717) is 30.3 Å². The predicted octanol–water partition coefficient (Wildman–Crippen LogP) is 0.158. The first-order valence-corrected chi connectivity index (χ1v) is 5.53. The van der Waals surface area contributed by atoms with Crippen LogP contribution in [-0.2, 0) is 4.79 Å². The van der Waals surface area contributed by atoms with Gasteiger partial charge in [-0.2, -0.15) is 0 Å². The number of carbonyl (C=O) groups is 1. The summed E-state index contributed by atoms with van der Waals surface area (Å²) in [5.74, 6) is 1.20. The molecule has 0 radical (unpaired) electrons. The Morgan fingerprint density at radius 2 is 1.89 bits per heavy atom. The number of nitrogens with one attached hydrogen (secondary N) is 1. The molecule has 0 aliphatic carbocycles. The lowest BCUT2D eigenvalue weighted by atomic mass is 10.3. The number of ether oxygens (including phenoxy) is 3. The van der Waals surface area contributed by atoms with Crippen molar-refractivity contribution in [3.8, 4) is 17.2 Å². The van der Waals surface area contributed by atoms with E-state index in [9.17, 15) is 4.79 Å². The molecule has 100 valence electrons. The topological polar surface area (TPSA) is 82.8 Å². The Balaban J connectivity index is 2.68. The maximum Gasteiger partial charge on any atom is 0.257 e. The van der Waals surface area contributed by atoms with Crippen LogP contribution in [0, 0.1) is 0 Å². The van der Waals surface area contributed by atoms with Crippen LogP contribution in [-0.4, -0.2) is 39.8 Å². The molecule has 6 heteroatoms. The van der Waals surface area contributed by atoms with Crippen molar-refractivity contribution >= 4 is 5.91 Å². The van der Waals surface area contributed by atoms with E-state index in [-0.39, 0.29) is 12.5 Å². The van der Waals surface area contributed by atoms with E-state index >= 15 is 0 Å². The summed E-state index contributed by atoms with van der Waals surface area (Å²) in [6.45, 7) is 0.700. The van der Waals surface area contributed by atoms with Crippen molar-refractivity contribution in [1.82, 2.24) is 5.32 Å². The summed E-state index contributed by atoms with van der Waals surface area (Å²) in [6, 6.07) is 5.24. The first-order valence-electron chi connectivity index (χ1n) is 5.53. The van der Waals surface area contributed by atoms with E-state index in [2.05, 4.69) is 5.32 Å². The minimum absolute atomic E-state index is 0.114. The number of carbonyl (C=O) groups excluding carboxylic acids is 1. The number of rotatable bonds is 7. The van der Waals surface area contributed by atoms with Gasteiger partial charge in [-0.1, -0.05) is 6.07 Å². The molecule has 0 aromatic heterocycles. The van der Waals surface area contributed by atoms with Crippen molar-refractivity contribution in [3.05, 3.63) is 18.2 Å². The predicted molar refractivity (Wildman–Crippen MR) is 67.1 cm³/mol. The fourth-order valence-electron chi connectivity index (χ4n) is 1.36. The summed E-state index contributed by atoms with van der Waals surface area (Å²) in [5, 5.41) is 2.61. The molecule has 18 heavy (non-hydrogen) atoms. The second-order valence-electron chi connectivity index (χ2n) is 3.42. The van der Waals surface area contributed by atoms with Crippen LogP contribution < -0.4 is 25.3 Å². The molecule has 1 aromatic carbocycles. The van der Waals surface area contributed by atoms with Gasteiger partial charge < -0.3 is 25.3 Å². The molecule has 0 aliphatic heterocycles. The van der Waals surface area contributed by atoms with Crippen molar-refractivity contribution in [2.45, 2.75) is 0 Å². The Labute approximate surface area is 106 Å². The van der Waals surface area contributed by atoms with Gasteiger partial charge in [0.25, 0.3) is 5.91 Å². The number of amides is 1. The third-order valence-electron chi connectivity index (χ3n) is 2.20. The third-order valence-corrected chi connectivity index (χ3v) is 2.20. The highest BCUT2D eigenvalue weighted by atomic mass is 16.5. The molecule has 1 aromatic rings. The van der Waals surface area contributed by atoms with E-state index in [1.165, 1.54) is 14.2 Å². The zero-order chi connectivity index (χ0) is 13.4. The fourth-order valence-corrected chi connectivity index (χ4v) is 1.36. The molecule has 0 saturated heterocycles. The molecule has 0 spiro atoms. The van der Waals surface area contributed by atoms with Crippen LogP contribution in [0.15, 0.2) is 18.2 Å². The smallest absolute Gasteiger partial charge is 0.257 e. The van der Waals surface area contributed by atoms with Gasteiger partial charge >= 0.3 is 0 Å². The van der Waals surface area contributed by atoms with E-state index in [1.54, 1.807) is 18.2 Å². The molecule has 6 nitrogen and oxygen atoms in total. The molecule has 0 unspecified atom stereocenters. The first-order chi connectivity index (χ1) is 8.72. The standard InChI is InChI=1S/C12H18N2O4/c1-16-9-4-3-5-10(17-2)12(9)18-8-11(15)14-7-6-13/h3-5H,6-8,13H2,1-2H3,(H,14,15). The van der Waals surface area contributed by atoms with Crippen LogP contribution in [0.2, 0.25) is 0 Å². The van der Waals surface area contributed by atoms with E-state index in [0.717, 1.165) is 0 Å². The summed E-state index contributed by atoms with van der Waals surface area (Å²) in [7, 11) is 3.05. The van der Waals surface area contributed by atoms with Gasteiger partial charge in [-0.15, -0.1) is 0 Å². The summed E-state index contributed by atoms with van der Waals surface area (Å²) in [5.41, 5.74) is 5.28. The summed E-state index contributed by atoms with van der Waals surface area (Å²) < 4.78 is 15.7. The van der Waals surface area contributed by atoms with E-state index < -0.39 is 0 Å². The molecule has 0 aliphatic rings. The molecule has 0 atom stereocenters. The molecular formula is C12H18N2O4. The second-order valence-corrected chi connectivity index (χ2v) is 3.42. The normalized spacial score (nSPS) is 9.72. The highest BCUT2D eigenvalue weighted by molar-refractivity contribution is 5.77. The largest absolute Gasteiger partial charge is 0.493 e. The lowest BCUT2D eigenvalue weighted by Crippen LogP contribution is -2.33. The zero-order valence-corrected chi connectivity index (χ0v) is 10.6. The SMILES string of the molecule is COc1cccc(OC)c1OCC(=O)NCCN. The van der Waals surface area contributed by atoms with Gasteiger partial charge in [-0.3, -0.25) is 4.79 Å². The maximum atomic E-state index is 11.4. The van der Waals surface area contributed by atoms with Gasteiger partial charge in [0.1, 0.15) is 0 Å². The van der Waals surface area contributed by atoms with Crippen molar-refractivity contribution < 1.29 is 19.0 Å². The van der Waals surface area contributed by atoms with Gasteiger partial charge in [0, 0.05) is 13.1 Å². The monoisotopic (exact) mass is 254 g/mol. The average molecular weight is 254 g/mol. The molecule has 1 rings (SSSR count). The Morgan fingerprint density at radius 3 is 2.39 bits per heavy atom. The number of hydrogen-bond acceptors (Lipinski definition) is 5. The second kappa shape index (κ2) is 7.39. The van der Waals surface area contributed by atoms with Crippen LogP contribution >= 0.6 is 0 Å². The Bertz CT molecular complexity index is 373. The molecule has 1 amide bonds. The van der Waals surface area contributed by atoms with E-state index in [1.807, 2.05) is 0 Å². The van der Waals surface area contributed by atoms with E-state index in [4.69, 9.17) is 19.9 Å². The van der Waals surface area contributed by atoms with Gasteiger partial charge in [0.05, 0.1) is 14.2 Å². The quantitative estimate of drug-likeness (QED) is 0.724. The zero-order valence-electron chi connectivity index (χ0n) is 10.6. The van der Waals surface area contributed by atoms with Gasteiger partial charge in [-0.05, 0) is 12.1 Å². The van der Waals surface area contributed by atoms with Crippen molar-refractivity contribution in [1.29, 1.82) is 0 Å². The molecule has 3 N–H and O–H groups in total. The molecule has 0 fully saturated rings. The summed E-state index contributed by atoms with van der Waals surface area (Å²) in [6.07, 6.45) is 0. The average Bonchev–Trinajstić information content (AvgIpc) is 2.42. The maximum absolute atomic E-state index is 11.4. The molecule has 0 bridgehead atoms. The van der Waals surface area contributed by atoms with Crippen molar-refractivity contribution in [2.24, 2.45) is 5.73 Å². The van der Waals surface area contributed by atoms with Crippen LogP contribution in [0.4, 0.5) is 0 Å². The van der Waals surface area contributed by atoms with Crippen molar-refractivity contribution in [2.75, 3.05) is 33.9 Å².